The van der Waals surface area contributed by atoms with Crippen LogP contribution in [0.5, 0.6) is 0 Å². The van der Waals surface area contributed by atoms with E-state index in [1.165, 1.54) is 12.1 Å². The second kappa shape index (κ2) is 6.64. The molecule has 0 spiro atoms. The summed E-state index contributed by atoms with van der Waals surface area (Å²) in [4.78, 5) is 21.9. The van der Waals surface area contributed by atoms with Gasteiger partial charge in [0.1, 0.15) is 5.82 Å². The number of rotatable bonds is 3. The van der Waals surface area contributed by atoms with Crippen molar-refractivity contribution in [3.63, 3.8) is 0 Å². The summed E-state index contributed by atoms with van der Waals surface area (Å²) in [5, 5.41) is 2.80. The van der Waals surface area contributed by atoms with Crippen molar-refractivity contribution in [3.8, 4) is 0 Å². The van der Waals surface area contributed by atoms with Gasteiger partial charge in [0.15, 0.2) is 9.84 Å². The number of nitrogens with zero attached hydrogens (tertiary/aromatic N) is 2. The number of piperidine rings is 1. The molecule has 2 aromatic rings. The number of urea groups is 1. The van der Waals surface area contributed by atoms with Crippen LogP contribution in [0, 0.1) is 0 Å². The van der Waals surface area contributed by atoms with Gasteiger partial charge < -0.3 is 15.2 Å². The van der Waals surface area contributed by atoms with E-state index < -0.39 is 9.84 Å². The number of amides is 2. The highest BCUT2D eigenvalue weighted by molar-refractivity contribution is 7.90. The van der Waals surface area contributed by atoms with Gasteiger partial charge in [-0.25, -0.2) is 18.2 Å². The fourth-order valence-corrected chi connectivity index (χ4v) is 3.59. The van der Waals surface area contributed by atoms with Crippen LogP contribution in [0.15, 0.2) is 41.6 Å². The molecule has 8 heteroatoms. The summed E-state index contributed by atoms with van der Waals surface area (Å²) in [6.45, 7) is 0.642. The molecule has 2 heterocycles. The second-order valence-electron chi connectivity index (χ2n) is 5.91. The Morgan fingerprint density at radius 2 is 2.21 bits per heavy atom. The Morgan fingerprint density at radius 1 is 1.38 bits per heavy atom. The summed E-state index contributed by atoms with van der Waals surface area (Å²) in [7, 11) is -3.31. The van der Waals surface area contributed by atoms with Crippen LogP contribution >= 0.6 is 0 Å². The summed E-state index contributed by atoms with van der Waals surface area (Å²) in [5.74, 6) is 0.773. The number of nitrogens with one attached hydrogen (secondary N) is 2. The molecule has 0 bridgehead atoms. The molecule has 0 aliphatic carbocycles. The molecule has 1 aromatic heterocycles. The predicted octanol–water partition coefficient (Wildman–Crippen LogP) is 2.57. The van der Waals surface area contributed by atoms with Crippen molar-refractivity contribution >= 4 is 21.6 Å². The van der Waals surface area contributed by atoms with E-state index in [1.807, 2.05) is 0 Å². The number of sulfone groups is 1. The summed E-state index contributed by atoms with van der Waals surface area (Å²) < 4.78 is 23.3. The molecule has 1 fully saturated rings. The maximum Gasteiger partial charge on any atom is 0.322 e. The number of carbonyl (C=O) groups is 1. The first-order valence-electron chi connectivity index (χ1n) is 7.82. The highest BCUT2D eigenvalue weighted by atomic mass is 32.2. The minimum Gasteiger partial charge on any atom is -0.347 e. The smallest absolute Gasteiger partial charge is 0.322 e. The lowest BCUT2D eigenvalue weighted by Gasteiger charge is -2.34. The molecule has 1 unspecified atom stereocenters. The fourth-order valence-electron chi connectivity index (χ4n) is 2.92. The Labute approximate surface area is 141 Å². The van der Waals surface area contributed by atoms with Gasteiger partial charge in [0.2, 0.25) is 0 Å². The largest absolute Gasteiger partial charge is 0.347 e. The van der Waals surface area contributed by atoms with Crippen LogP contribution in [0.2, 0.25) is 0 Å². The third-order valence-electron chi connectivity index (χ3n) is 4.11. The van der Waals surface area contributed by atoms with Crippen LogP contribution in [0.4, 0.5) is 10.5 Å². The van der Waals surface area contributed by atoms with Gasteiger partial charge in [0.05, 0.1) is 10.9 Å². The number of likely N-dealkylation sites (tertiary alicyclic amines) is 1. The van der Waals surface area contributed by atoms with Gasteiger partial charge in [0.25, 0.3) is 0 Å². The van der Waals surface area contributed by atoms with Crippen LogP contribution < -0.4 is 5.32 Å². The first-order valence-corrected chi connectivity index (χ1v) is 9.71. The molecule has 1 aliphatic heterocycles. The van der Waals surface area contributed by atoms with Crippen LogP contribution in [0.3, 0.4) is 0 Å². The van der Waals surface area contributed by atoms with E-state index in [4.69, 9.17) is 0 Å². The maximum absolute atomic E-state index is 12.7. The van der Waals surface area contributed by atoms with E-state index in [9.17, 15) is 13.2 Å². The van der Waals surface area contributed by atoms with Crippen molar-refractivity contribution in [2.24, 2.45) is 0 Å². The fraction of sp³-hybridized carbons (Fsp3) is 0.375. The van der Waals surface area contributed by atoms with Gasteiger partial charge in [-0.15, -0.1) is 0 Å². The summed E-state index contributed by atoms with van der Waals surface area (Å²) >= 11 is 0. The van der Waals surface area contributed by atoms with Gasteiger partial charge >= 0.3 is 6.03 Å². The first kappa shape index (κ1) is 16.5. The number of hydrogen-bond acceptors (Lipinski definition) is 4. The van der Waals surface area contributed by atoms with Gasteiger partial charge in [-0.2, -0.15) is 0 Å². The molecule has 24 heavy (non-hydrogen) atoms. The molecule has 128 valence electrons. The quantitative estimate of drug-likeness (QED) is 0.891. The molecule has 1 saturated heterocycles. The number of aromatic amines is 1. The average Bonchev–Trinajstić information content (AvgIpc) is 3.08. The number of anilines is 1. The normalized spacial score (nSPS) is 18.4. The molecule has 7 nitrogen and oxygen atoms in total. The molecule has 3 rings (SSSR count). The van der Waals surface area contributed by atoms with Crippen molar-refractivity contribution in [1.29, 1.82) is 0 Å². The third kappa shape index (κ3) is 3.59. The van der Waals surface area contributed by atoms with E-state index in [0.717, 1.165) is 31.3 Å². The first-order chi connectivity index (χ1) is 11.4. The Balaban J connectivity index is 1.78. The highest BCUT2D eigenvalue weighted by Crippen LogP contribution is 2.29. The van der Waals surface area contributed by atoms with E-state index in [2.05, 4.69) is 15.3 Å². The summed E-state index contributed by atoms with van der Waals surface area (Å²) in [6, 6.07) is 5.94. The second-order valence-corrected chi connectivity index (χ2v) is 7.93. The topological polar surface area (TPSA) is 95.2 Å². The molecule has 2 amide bonds. The van der Waals surface area contributed by atoms with Crippen molar-refractivity contribution < 1.29 is 13.2 Å². The minimum atomic E-state index is -3.31. The Kier molecular flexibility index (Phi) is 4.57. The van der Waals surface area contributed by atoms with E-state index in [1.54, 1.807) is 29.4 Å². The van der Waals surface area contributed by atoms with Gasteiger partial charge in [0, 0.05) is 30.9 Å². The number of benzene rings is 1. The number of H-pyrrole nitrogens is 1. The monoisotopic (exact) mass is 348 g/mol. The Bertz CT molecular complexity index is 818. The molecule has 2 N–H and O–H groups in total. The lowest BCUT2D eigenvalue weighted by molar-refractivity contribution is 0.160. The zero-order chi connectivity index (χ0) is 17.2. The van der Waals surface area contributed by atoms with Gasteiger partial charge in [-0.05, 0) is 37.5 Å². The van der Waals surface area contributed by atoms with E-state index >= 15 is 0 Å². The summed E-state index contributed by atoms with van der Waals surface area (Å²) in [6.07, 6.45) is 7.40. The zero-order valence-corrected chi connectivity index (χ0v) is 14.2. The number of imidazole rings is 1. The number of carbonyl (C=O) groups excluding carboxylic acids is 1. The molecular weight excluding hydrogens is 328 g/mol. The molecule has 1 aliphatic rings. The molecule has 1 atom stereocenters. The Hall–Kier alpha value is -2.35. The van der Waals surface area contributed by atoms with Crippen LogP contribution in [0.25, 0.3) is 0 Å². The third-order valence-corrected chi connectivity index (χ3v) is 5.22. The van der Waals surface area contributed by atoms with Crippen molar-refractivity contribution in [1.82, 2.24) is 14.9 Å². The van der Waals surface area contributed by atoms with Crippen molar-refractivity contribution in [2.45, 2.75) is 30.2 Å². The van der Waals surface area contributed by atoms with Crippen LogP contribution in [0.1, 0.15) is 31.1 Å². The van der Waals surface area contributed by atoms with Crippen molar-refractivity contribution in [3.05, 3.63) is 42.5 Å². The molecule has 0 radical (unpaired) electrons. The highest BCUT2D eigenvalue weighted by Gasteiger charge is 2.29. The molecule has 0 saturated carbocycles. The van der Waals surface area contributed by atoms with Gasteiger partial charge in [-0.1, -0.05) is 6.07 Å². The SMILES string of the molecule is CS(=O)(=O)c1cccc(NC(=O)N2CCCCC2c2ncc[nH]2)c1. The zero-order valence-electron chi connectivity index (χ0n) is 13.4. The lowest BCUT2D eigenvalue weighted by atomic mass is 10.0. The van der Waals surface area contributed by atoms with E-state index in [0.29, 0.717) is 12.2 Å². The van der Waals surface area contributed by atoms with Crippen LogP contribution in [-0.4, -0.2) is 42.1 Å². The standard InChI is InChI=1S/C16H20N4O3S/c1-24(22,23)13-6-4-5-12(11-13)19-16(21)20-10-3-2-7-14(20)15-17-8-9-18-15/h4-6,8-9,11,14H,2-3,7,10H2,1H3,(H,17,18)(H,19,21). The maximum atomic E-state index is 12.7. The van der Waals surface area contributed by atoms with Crippen molar-refractivity contribution in [2.75, 3.05) is 18.1 Å². The van der Waals surface area contributed by atoms with Gasteiger partial charge in [-0.3, -0.25) is 0 Å². The average molecular weight is 348 g/mol. The Morgan fingerprint density at radius 3 is 2.92 bits per heavy atom. The minimum absolute atomic E-state index is 0.0909. The molecular formula is C16H20N4O3S. The summed E-state index contributed by atoms with van der Waals surface area (Å²) in [5.41, 5.74) is 0.465. The van der Waals surface area contributed by atoms with E-state index in [-0.39, 0.29) is 17.0 Å². The number of hydrogen-bond donors (Lipinski definition) is 2. The number of aromatic nitrogens is 2. The van der Waals surface area contributed by atoms with Crippen LogP contribution in [-0.2, 0) is 9.84 Å². The molecule has 1 aromatic carbocycles. The predicted molar refractivity (Wildman–Crippen MR) is 90.5 cm³/mol. The lowest BCUT2D eigenvalue weighted by Crippen LogP contribution is -2.41.